The molecule has 0 saturated carbocycles. The van der Waals surface area contributed by atoms with E-state index in [1.165, 1.54) is 30.6 Å². The van der Waals surface area contributed by atoms with Crippen LogP contribution in [0.2, 0.25) is 0 Å². The van der Waals surface area contributed by atoms with Gasteiger partial charge in [-0.3, -0.25) is 9.79 Å². The first kappa shape index (κ1) is 21.4. The smallest absolute Gasteiger partial charge is 0.258 e. The van der Waals surface area contributed by atoms with E-state index in [4.69, 9.17) is 5.73 Å². The summed E-state index contributed by atoms with van der Waals surface area (Å²) in [6, 6.07) is 4.25. The number of hydrogen-bond donors (Lipinski definition) is 2. The summed E-state index contributed by atoms with van der Waals surface area (Å²) in [5.74, 6) is -0.193. The molecule has 1 aromatic carbocycles. The first-order valence-corrected chi connectivity index (χ1v) is 11.5. The molecule has 2 aliphatic rings. The quantitative estimate of drug-likeness (QED) is 0.754. The van der Waals surface area contributed by atoms with E-state index in [2.05, 4.69) is 24.6 Å². The molecule has 31 heavy (non-hydrogen) atoms. The lowest BCUT2D eigenvalue weighted by atomic mass is 9.85. The standard InChI is InChI=1S/C21H25FN6O2S/c1-12-24-10-13(11-25-12)18(29)27-14-5-6-16(22)15(9-14)21(4)17-7-8-26-31(17,30)20(2,3)19(23)28-21/h5-6,9-11,17H,7-8H2,1-4H3,(H2,23,28)(H,27,29)/t17?,21-,31-/m1/s1. The van der Waals surface area contributed by atoms with Crippen LogP contribution in [0.25, 0.3) is 0 Å². The molecule has 0 spiro atoms. The Balaban J connectivity index is 1.76. The summed E-state index contributed by atoms with van der Waals surface area (Å²) in [5, 5.41) is 2.25. The number of hydrogen-bond acceptors (Lipinski definition) is 7. The third-order valence-corrected chi connectivity index (χ3v) is 9.90. The number of nitrogens with two attached hydrogens (primary N) is 1. The molecule has 0 aliphatic carbocycles. The summed E-state index contributed by atoms with van der Waals surface area (Å²) in [6.45, 7) is 7.41. The summed E-state index contributed by atoms with van der Waals surface area (Å²) in [5.41, 5.74) is 5.93. The summed E-state index contributed by atoms with van der Waals surface area (Å²) >= 11 is 0. The van der Waals surface area contributed by atoms with Crippen molar-refractivity contribution in [2.24, 2.45) is 15.1 Å². The number of aromatic nitrogens is 2. The van der Waals surface area contributed by atoms with Crippen LogP contribution in [0.1, 0.15) is 48.9 Å². The second kappa shape index (κ2) is 7.08. The molecule has 1 amide bonds. The number of halogens is 1. The van der Waals surface area contributed by atoms with Crippen molar-refractivity contribution in [1.82, 2.24) is 9.97 Å². The Bertz CT molecular complexity index is 1220. The van der Waals surface area contributed by atoms with Gasteiger partial charge in [0.25, 0.3) is 5.91 Å². The van der Waals surface area contributed by atoms with Gasteiger partial charge in [-0.25, -0.2) is 22.9 Å². The van der Waals surface area contributed by atoms with E-state index < -0.39 is 37.0 Å². The maximum Gasteiger partial charge on any atom is 0.258 e. The molecule has 1 unspecified atom stereocenters. The summed E-state index contributed by atoms with van der Waals surface area (Å²) in [7, 11) is -2.78. The molecule has 3 N–H and O–H groups in total. The van der Waals surface area contributed by atoms with Gasteiger partial charge in [0.2, 0.25) is 0 Å². The fourth-order valence-corrected chi connectivity index (χ4v) is 7.37. The zero-order valence-electron chi connectivity index (χ0n) is 17.8. The van der Waals surface area contributed by atoms with Crippen molar-refractivity contribution in [1.29, 1.82) is 0 Å². The zero-order chi connectivity index (χ0) is 22.6. The molecule has 0 bridgehead atoms. The van der Waals surface area contributed by atoms with E-state index in [-0.39, 0.29) is 17.0 Å². The molecular formula is C21H25FN6O2S. The average Bonchev–Trinajstić information content (AvgIpc) is 3.13. The Hall–Kier alpha value is -2.88. The van der Waals surface area contributed by atoms with E-state index in [0.717, 1.165) is 0 Å². The highest BCUT2D eigenvalue weighted by molar-refractivity contribution is 7.96. The maximum absolute atomic E-state index is 15.0. The van der Waals surface area contributed by atoms with Crippen LogP contribution in [0.5, 0.6) is 0 Å². The summed E-state index contributed by atoms with van der Waals surface area (Å²) < 4.78 is 32.4. The highest BCUT2D eigenvalue weighted by Crippen LogP contribution is 2.48. The molecule has 0 radical (unpaired) electrons. The van der Waals surface area contributed by atoms with Gasteiger partial charge in [0.15, 0.2) is 0 Å². The largest absolute Gasteiger partial charge is 0.386 e. The van der Waals surface area contributed by atoms with Gasteiger partial charge in [0, 0.05) is 30.2 Å². The van der Waals surface area contributed by atoms with Crippen LogP contribution in [-0.2, 0) is 15.3 Å². The normalized spacial score (nSPS) is 28.9. The Labute approximate surface area is 180 Å². The van der Waals surface area contributed by atoms with E-state index in [1.807, 2.05) is 0 Å². The minimum Gasteiger partial charge on any atom is -0.386 e. The average molecular weight is 445 g/mol. The van der Waals surface area contributed by atoms with Crippen LogP contribution in [0.3, 0.4) is 0 Å². The van der Waals surface area contributed by atoms with Crippen molar-refractivity contribution >= 4 is 27.2 Å². The Morgan fingerprint density at radius 3 is 2.61 bits per heavy atom. The number of benzene rings is 1. The van der Waals surface area contributed by atoms with Crippen molar-refractivity contribution in [3.8, 4) is 0 Å². The van der Waals surface area contributed by atoms with E-state index in [0.29, 0.717) is 24.5 Å². The number of amides is 1. The van der Waals surface area contributed by atoms with Gasteiger partial charge in [-0.2, -0.15) is 0 Å². The number of amidine groups is 1. The second-order valence-electron chi connectivity index (χ2n) is 8.52. The second-order valence-corrected chi connectivity index (χ2v) is 11.5. The highest BCUT2D eigenvalue weighted by Gasteiger charge is 2.56. The maximum atomic E-state index is 15.0. The lowest BCUT2D eigenvalue weighted by Crippen LogP contribution is -2.58. The molecule has 2 aliphatic heterocycles. The number of aryl methyl sites for hydroxylation is 1. The molecule has 8 nitrogen and oxygen atoms in total. The summed E-state index contributed by atoms with van der Waals surface area (Å²) in [6.07, 6.45) is 3.37. The van der Waals surface area contributed by atoms with Gasteiger partial charge in [-0.15, -0.1) is 0 Å². The number of fused-ring (bicyclic) bond motifs is 1. The number of carbonyl (C=O) groups excluding carboxylic acids is 1. The Morgan fingerprint density at radius 2 is 1.94 bits per heavy atom. The molecule has 3 heterocycles. The molecule has 10 heteroatoms. The molecule has 1 aromatic heterocycles. The number of anilines is 1. The fraction of sp³-hybridized carbons (Fsp3) is 0.429. The number of aliphatic imine (C=N–C) groups is 1. The first-order chi connectivity index (χ1) is 14.5. The molecule has 3 atom stereocenters. The molecule has 0 saturated heterocycles. The van der Waals surface area contributed by atoms with Crippen molar-refractivity contribution < 1.29 is 13.4 Å². The van der Waals surface area contributed by atoms with Crippen LogP contribution < -0.4 is 11.1 Å². The van der Waals surface area contributed by atoms with E-state index >= 15 is 4.39 Å². The van der Waals surface area contributed by atoms with Crippen LogP contribution in [0.15, 0.2) is 39.9 Å². The van der Waals surface area contributed by atoms with Gasteiger partial charge in [-0.1, -0.05) is 0 Å². The molecular weight excluding hydrogens is 419 g/mol. The fourth-order valence-electron chi connectivity index (χ4n) is 4.21. The van der Waals surface area contributed by atoms with Gasteiger partial charge in [0.05, 0.1) is 20.5 Å². The van der Waals surface area contributed by atoms with Crippen molar-refractivity contribution in [2.75, 3.05) is 11.9 Å². The van der Waals surface area contributed by atoms with Gasteiger partial charge < -0.3 is 11.1 Å². The monoisotopic (exact) mass is 444 g/mol. The van der Waals surface area contributed by atoms with Crippen LogP contribution in [0.4, 0.5) is 10.1 Å². The number of nitrogens with zero attached hydrogens (tertiary/aromatic N) is 4. The topological polar surface area (TPSA) is 123 Å². The molecule has 0 fully saturated rings. The van der Waals surface area contributed by atoms with E-state index in [1.54, 1.807) is 27.7 Å². The number of nitrogens with one attached hydrogen (secondary N) is 1. The Kier molecular flexibility index (Phi) is 4.88. The highest BCUT2D eigenvalue weighted by atomic mass is 32.2. The Morgan fingerprint density at radius 1 is 1.26 bits per heavy atom. The minimum absolute atomic E-state index is 0.188. The van der Waals surface area contributed by atoms with Crippen LogP contribution >= 0.6 is 0 Å². The van der Waals surface area contributed by atoms with Crippen LogP contribution in [-0.4, -0.2) is 42.5 Å². The SMILES string of the molecule is Cc1ncc(C(=O)Nc2ccc(F)c([C@@]3(C)N=C(N)C(C)(C)[S@@]4(=O)=NCCC34)c2)cn1. The minimum atomic E-state index is -2.78. The van der Waals surface area contributed by atoms with Crippen molar-refractivity contribution in [3.63, 3.8) is 0 Å². The lowest BCUT2D eigenvalue weighted by molar-refractivity contribution is 0.102. The first-order valence-electron chi connectivity index (χ1n) is 9.96. The predicted octanol–water partition coefficient (Wildman–Crippen LogP) is 2.78. The van der Waals surface area contributed by atoms with Crippen molar-refractivity contribution in [3.05, 3.63) is 53.4 Å². The lowest BCUT2D eigenvalue weighted by Gasteiger charge is -2.44. The predicted molar refractivity (Wildman–Crippen MR) is 118 cm³/mol. The third kappa shape index (κ3) is 3.20. The van der Waals surface area contributed by atoms with Gasteiger partial charge in [-0.05, 0) is 52.3 Å². The number of rotatable bonds is 3. The number of carbonyl (C=O) groups is 1. The van der Waals surface area contributed by atoms with Crippen molar-refractivity contribution in [2.45, 2.75) is 49.7 Å². The van der Waals surface area contributed by atoms with Crippen LogP contribution in [0, 0.1) is 12.7 Å². The molecule has 2 aromatic rings. The van der Waals surface area contributed by atoms with Gasteiger partial charge in [0.1, 0.15) is 27.8 Å². The molecule has 164 valence electrons. The summed E-state index contributed by atoms with van der Waals surface area (Å²) in [4.78, 5) is 25.2. The van der Waals surface area contributed by atoms with Gasteiger partial charge >= 0.3 is 0 Å². The third-order valence-electron chi connectivity index (χ3n) is 6.20. The van der Waals surface area contributed by atoms with E-state index in [9.17, 15) is 9.00 Å². The molecule has 4 rings (SSSR count). The zero-order valence-corrected chi connectivity index (χ0v) is 18.7.